The van der Waals surface area contributed by atoms with Crippen LogP contribution in [0.1, 0.15) is 15.9 Å². The Morgan fingerprint density at radius 2 is 2.11 bits per heavy atom. The Labute approximate surface area is 120 Å². The van der Waals surface area contributed by atoms with E-state index in [0.717, 1.165) is 5.56 Å². The summed E-state index contributed by atoms with van der Waals surface area (Å²) in [6.07, 6.45) is 1.36. The Bertz CT molecular complexity index is 617. The fourth-order valence-electron chi connectivity index (χ4n) is 1.56. The van der Waals surface area contributed by atoms with E-state index in [2.05, 4.69) is 10.3 Å². The molecule has 1 aromatic heterocycles. The third kappa shape index (κ3) is 3.59. The van der Waals surface area contributed by atoms with Crippen LogP contribution in [-0.2, 0) is 6.54 Å². The van der Waals surface area contributed by atoms with Gasteiger partial charge in [0.15, 0.2) is 0 Å². The molecule has 2 aromatic rings. The quantitative estimate of drug-likeness (QED) is 0.856. The van der Waals surface area contributed by atoms with E-state index in [1.165, 1.54) is 12.3 Å². The van der Waals surface area contributed by atoms with Crippen LogP contribution in [0, 0.1) is 0 Å². The lowest BCUT2D eigenvalue weighted by Gasteiger charge is -2.08. The van der Waals surface area contributed by atoms with Gasteiger partial charge >= 0.3 is 0 Å². The van der Waals surface area contributed by atoms with Crippen molar-refractivity contribution in [3.63, 3.8) is 0 Å². The van der Waals surface area contributed by atoms with Crippen molar-refractivity contribution >= 4 is 34.8 Å². The van der Waals surface area contributed by atoms with Gasteiger partial charge in [0.2, 0.25) is 0 Å². The Kier molecular flexibility index (Phi) is 4.24. The molecule has 1 amide bonds. The molecule has 0 unspecified atom stereocenters. The molecular weight excluding hydrogens is 285 g/mol. The molecule has 1 aromatic carbocycles. The van der Waals surface area contributed by atoms with Crippen molar-refractivity contribution in [2.45, 2.75) is 6.54 Å². The number of nitrogens with two attached hydrogens (primary N) is 1. The predicted molar refractivity (Wildman–Crippen MR) is 76.3 cm³/mol. The number of hydrogen-bond acceptors (Lipinski definition) is 3. The van der Waals surface area contributed by atoms with Crippen molar-refractivity contribution in [2.75, 3.05) is 5.73 Å². The van der Waals surface area contributed by atoms with Crippen LogP contribution in [0.2, 0.25) is 10.2 Å². The molecule has 3 N–H and O–H groups in total. The number of nitrogens with zero attached hydrogens (tertiary/aromatic N) is 1. The zero-order chi connectivity index (χ0) is 13.8. The largest absolute Gasteiger partial charge is 0.397 e. The Morgan fingerprint density at radius 1 is 1.32 bits per heavy atom. The van der Waals surface area contributed by atoms with Gasteiger partial charge in [-0.3, -0.25) is 4.79 Å². The number of rotatable bonds is 3. The molecule has 0 saturated heterocycles. The van der Waals surface area contributed by atoms with E-state index in [-0.39, 0.29) is 16.7 Å². The summed E-state index contributed by atoms with van der Waals surface area (Å²) in [5.74, 6) is -0.304. The molecular formula is C13H11Cl2N3O. The standard InChI is InChI=1S/C13H11Cl2N3O/c14-9-3-1-2-8(4-9)6-18-13(19)10-5-12(15)17-7-11(10)16/h1-5,7H,6,16H2,(H,18,19). The van der Waals surface area contributed by atoms with Crippen molar-refractivity contribution in [3.8, 4) is 0 Å². The summed E-state index contributed by atoms with van der Waals surface area (Å²) in [4.78, 5) is 15.8. The van der Waals surface area contributed by atoms with Gasteiger partial charge in [-0.1, -0.05) is 35.3 Å². The summed E-state index contributed by atoms with van der Waals surface area (Å²) in [5.41, 5.74) is 7.18. The highest BCUT2D eigenvalue weighted by atomic mass is 35.5. The Hall–Kier alpha value is -1.78. The number of halogens is 2. The molecule has 0 saturated carbocycles. The van der Waals surface area contributed by atoms with E-state index < -0.39 is 0 Å². The minimum atomic E-state index is -0.304. The number of nitrogen functional groups attached to an aromatic ring is 1. The van der Waals surface area contributed by atoms with Gasteiger partial charge in [0.05, 0.1) is 17.4 Å². The number of aromatic nitrogens is 1. The first-order valence-corrected chi connectivity index (χ1v) is 6.25. The number of amides is 1. The summed E-state index contributed by atoms with van der Waals surface area (Å²) in [6.45, 7) is 0.360. The maximum Gasteiger partial charge on any atom is 0.253 e. The maximum absolute atomic E-state index is 12.0. The predicted octanol–water partition coefficient (Wildman–Crippen LogP) is 2.90. The highest BCUT2D eigenvalue weighted by molar-refractivity contribution is 6.30. The van der Waals surface area contributed by atoms with Crippen LogP contribution in [0.3, 0.4) is 0 Å². The molecule has 19 heavy (non-hydrogen) atoms. The number of pyridine rings is 1. The fraction of sp³-hybridized carbons (Fsp3) is 0.0769. The van der Waals surface area contributed by atoms with Crippen molar-refractivity contribution < 1.29 is 4.79 Å². The second kappa shape index (κ2) is 5.91. The SMILES string of the molecule is Nc1cnc(Cl)cc1C(=O)NCc1cccc(Cl)c1. The number of carbonyl (C=O) groups excluding carboxylic acids is 1. The highest BCUT2D eigenvalue weighted by Gasteiger charge is 2.10. The molecule has 0 aliphatic carbocycles. The second-order valence-corrected chi connectivity index (χ2v) is 4.73. The van der Waals surface area contributed by atoms with Gasteiger partial charge in [-0.25, -0.2) is 4.98 Å². The lowest BCUT2D eigenvalue weighted by Crippen LogP contribution is -2.23. The first kappa shape index (κ1) is 13.6. The van der Waals surface area contributed by atoms with E-state index in [9.17, 15) is 4.79 Å². The number of hydrogen-bond donors (Lipinski definition) is 2. The van der Waals surface area contributed by atoms with Crippen molar-refractivity contribution in [2.24, 2.45) is 0 Å². The molecule has 6 heteroatoms. The third-order valence-electron chi connectivity index (χ3n) is 2.49. The number of carbonyl (C=O) groups is 1. The van der Waals surface area contributed by atoms with Gasteiger partial charge < -0.3 is 11.1 Å². The van der Waals surface area contributed by atoms with E-state index >= 15 is 0 Å². The molecule has 0 aliphatic rings. The molecule has 2 rings (SSSR count). The third-order valence-corrected chi connectivity index (χ3v) is 2.93. The van der Waals surface area contributed by atoms with Crippen LogP contribution in [0.4, 0.5) is 5.69 Å². The average molecular weight is 296 g/mol. The fourth-order valence-corrected chi connectivity index (χ4v) is 1.93. The van der Waals surface area contributed by atoms with Crippen molar-refractivity contribution in [1.29, 1.82) is 0 Å². The van der Waals surface area contributed by atoms with Crippen LogP contribution in [0.25, 0.3) is 0 Å². The number of benzene rings is 1. The Morgan fingerprint density at radius 3 is 2.84 bits per heavy atom. The van der Waals surface area contributed by atoms with Crippen LogP contribution in [-0.4, -0.2) is 10.9 Å². The molecule has 0 spiro atoms. The molecule has 1 heterocycles. The topological polar surface area (TPSA) is 68.0 Å². The van der Waals surface area contributed by atoms with Crippen molar-refractivity contribution in [3.05, 3.63) is 57.8 Å². The minimum Gasteiger partial charge on any atom is -0.397 e. The normalized spacial score (nSPS) is 10.2. The average Bonchev–Trinajstić information content (AvgIpc) is 2.39. The number of anilines is 1. The van der Waals surface area contributed by atoms with Crippen LogP contribution in [0.15, 0.2) is 36.5 Å². The summed E-state index contributed by atoms with van der Waals surface area (Å²) >= 11 is 11.6. The van der Waals surface area contributed by atoms with Gasteiger partial charge in [-0.15, -0.1) is 0 Å². The summed E-state index contributed by atoms with van der Waals surface area (Å²) in [5, 5.41) is 3.59. The van der Waals surface area contributed by atoms with Gasteiger partial charge in [-0.2, -0.15) is 0 Å². The van der Waals surface area contributed by atoms with E-state index in [1.807, 2.05) is 12.1 Å². The van der Waals surface area contributed by atoms with Gasteiger partial charge in [0.1, 0.15) is 5.15 Å². The smallest absolute Gasteiger partial charge is 0.253 e. The lowest BCUT2D eigenvalue weighted by molar-refractivity contribution is 0.0951. The highest BCUT2D eigenvalue weighted by Crippen LogP contribution is 2.15. The molecule has 0 fully saturated rings. The molecule has 0 bridgehead atoms. The van der Waals surface area contributed by atoms with Gasteiger partial charge in [0, 0.05) is 11.6 Å². The molecule has 4 nitrogen and oxygen atoms in total. The molecule has 0 atom stereocenters. The summed E-state index contributed by atoms with van der Waals surface area (Å²) in [7, 11) is 0. The van der Waals surface area contributed by atoms with Gasteiger partial charge in [-0.05, 0) is 23.8 Å². The minimum absolute atomic E-state index is 0.224. The second-order valence-electron chi connectivity index (χ2n) is 3.91. The van der Waals surface area contributed by atoms with Crippen molar-refractivity contribution in [1.82, 2.24) is 10.3 Å². The first-order valence-electron chi connectivity index (χ1n) is 5.50. The maximum atomic E-state index is 12.0. The van der Waals surface area contributed by atoms with Crippen LogP contribution in [0.5, 0.6) is 0 Å². The molecule has 98 valence electrons. The lowest BCUT2D eigenvalue weighted by atomic mass is 10.2. The molecule has 0 radical (unpaired) electrons. The van der Waals surface area contributed by atoms with E-state index in [4.69, 9.17) is 28.9 Å². The number of nitrogens with one attached hydrogen (secondary N) is 1. The van der Waals surface area contributed by atoms with Crippen LogP contribution >= 0.6 is 23.2 Å². The molecule has 0 aliphatic heterocycles. The first-order chi connectivity index (χ1) is 9.06. The van der Waals surface area contributed by atoms with E-state index in [0.29, 0.717) is 17.1 Å². The zero-order valence-corrected chi connectivity index (χ0v) is 11.4. The van der Waals surface area contributed by atoms with Gasteiger partial charge in [0.25, 0.3) is 5.91 Å². The summed E-state index contributed by atoms with van der Waals surface area (Å²) in [6, 6.07) is 8.68. The Balaban J connectivity index is 2.07. The monoisotopic (exact) mass is 295 g/mol. The van der Waals surface area contributed by atoms with Crippen LogP contribution < -0.4 is 11.1 Å². The van der Waals surface area contributed by atoms with E-state index in [1.54, 1.807) is 12.1 Å². The summed E-state index contributed by atoms with van der Waals surface area (Å²) < 4.78 is 0. The zero-order valence-electron chi connectivity index (χ0n) is 9.86.